The summed E-state index contributed by atoms with van der Waals surface area (Å²) in [6, 6.07) is 7.18. The first kappa shape index (κ1) is 15.6. The number of rotatable bonds is 3. The quantitative estimate of drug-likeness (QED) is 0.782. The number of halogens is 2. The Balaban J connectivity index is 1.63. The van der Waals surface area contributed by atoms with Crippen molar-refractivity contribution in [3.05, 3.63) is 64.7 Å². The van der Waals surface area contributed by atoms with Gasteiger partial charge in [0.1, 0.15) is 11.6 Å². The Morgan fingerprint density at radius 1 is 1.25 bits per heavy atom. The minimum Gasteiger partial charge on any atom is -0.392 e. The number of thiophene rings is 1. The molecule has 0 radical (unpaired) electrons. The fraction of sp³-hybridized carbons (Fsp3) is 0.278. The molecule has 124 valence electrons. The molecule has 0 spiro atoms. The second kappa shape index (κ2) is 6.20. The summed E-state index contributed by atoms with van der Waals surface area (Å²) in [4.78, 5) is 6.40. The topological polar surface area (TPSA) is 36.4 Å². The Hall–Kier alpha value is -1.89. The SMILES string of the molecule is OC1CC(c2cc(F)ccc2F)N(Cc2cnc3ccsc3c2)C1. The van der Waals surface area contributed by atoms with E-state index in [0.29, 0.717) is 25.1 Å². The molecule has 4 rings (SSSR count). The number of hydrogen-bond donors (Lipinski definition) is 1. The van der Waals surface area contributed by atoms with E-state index < -0.39 is 17.7 Å². The van der Waals surface area contributed by atoms with Gasteiger partial charge in [-0.1, -0.05) is 0 Å². The number of aliphatic hydroxyl groups excluding tert-OH is 1. The number of fused-ring (bicyclic) bond motifs is 1. The molecule has 1 N–H and O–H groups in total. The Kier molecular flexibility index (Phi) is 4.04. The molecular weight excluding hydrogens is 330 g/mol. The van der Waals surface area contributed by atoms with E-state index in [-0.39, 0.29) is 6.04 Å². The lowest BCUT2D eigenvalue weighted by Gasteiger charge is -2.24. The highest BCUT2D eigenvalue weighted by Gasteiger charge is 2.33. The normalized spacial score (nSPS) is 21.6. The molecule has 6 heteroatoms. The molecule has 1 aliphatic rings. The number of aliphatic hydroxyl groups is 1. The van der Waals surface area contributed by atoms with Gasteiger partial charge in [0.2, 0.25) is 0 Å². The van der Waals surface area contributed by atoms with Gasteiger partial charge in [0.05, 0.1) is 16.3 Å². The molecule has 0 bridgehead atoms. The maximum Gasteiger partial charge on any atom is 0.128 e. The number of nitrogens with zero attached hydrogens (tertiary/aromatic N) is 2. The van der Waals surface area contributed by atoms with Gasteiger partial charge in [-0.05, 0) is 47.7 Å². The van der Waals surface area contributed by atoms with E-state index in [2.05, 4.69) is 11.1 Å². The first-order valence-electron chi connectivity index (χ1n) is 7.79. The molecule has 1 saturated heterocycles. The second-order valence-electron chi connectivity index (χ2n) is 6.15. The molecule has 24 heavy (non-hydrogen) atoms. The van der Waals surface area contributed by atoms with Gasteiger partial charge in [-0.2, -0.15) is 0 Å². The Morgan fingerprint density at radius 2 is 2.12 bits per heavy atom. The van der Waals surface area contributed by atoms with E-state index in [9.17, 15) is 13.9 Å². The van der Waals surface area contributed by atoms with Gasteiger partial charge >= 0.3 is 0 Å². The number of benzene rings is 1. The van der Waals surface area contributed by atoms with E-state index in [0.717, 1.165) is 27.9 Å². The van der Waals surface area contributed by atoms with Gasteiger partial charge in [-0.3, -0.25) is 9.88 Å². The minimum atomic E-state index is -0.545. The molecule has 2 atom stereocenters. The minimum absolute atomic E-state index is 0.303. The van der Waals surface area contributed by atoms with E-state index in [1.165, 1.54) is 6.07 Å². The van der Waals surface area contributed by atoms with Crippen molar-refractivity contribution in [2.45, 2.75) is 25.1 Å². The second-order valence-corrected chi connectivity index (χ2v) is 7.10. The van der Waals surface area contributed by atoms with E-state index in [4.69, 9.17) is 0 Å². The van der Waals surface area contributed by atoms with Crippen LogP contribution in [0.15, 0.2) is 41.9 Å². The van der Waals surface area contributed by atoms with E-state index >= 15 is 0 Å². The lowest BCUT2D eigenvalue weighted by atomic mass is 10.0. The van der Waals surface area contributed by atoms with Crippen LogP contribution in [0, 0.1) is 11.6 Å². The number of aromatic nitrogens is 1. The Labute approximate surface area is 142 Å². The fourth-order valence-electron chi connectivity index (χ4n) is 3.36. The summed E-state index contributed by atoms with van der Waals surface area (Å²) in [6.07, 6.45) is 1.66. The zero-order valence-corrected chi connectivity index (χ0v) is 13.6. The van der Waals surface area contributed by atoms with Crippen LogP contribution < -0.4 is 0 Å². The maximum absolute atomic E-state index is 14.1. The molecule has 1 aromatic carbocycles. The van der Waals surface area contributed by atoms with Crippen LogP contribution >= 0.6 is 11.3 Å². The highest BCUT2D eigenvalue weighted by atomic mass is 32.1. The van der Waals surface area contributed by atoms with Crippen molar-refractivity contribution in [2.75, 3.05) is 6.54 Å². The summed E-state index contributed by atoms with van der Waals surface area (Å²) in [7, 11) is 0. The summed E-state index contributed by atoms with van der Waals surface area (Å²) < 4.78 is 28.8. The van der Waals surface area contributed by atoms with E-state index in [1.54, 1.807) is 17.5 Å². The average molecular weight is 346 g/mol. The summed E-state index contributed by atoms with van der Waals surface area (Å²) in [6.45, 7) is 0.974. The van der Waals surface area contributed by atoms with Crippen molar-refractivity contribution in [3.8, 4) is 0 Å². The summed E-state index contributed by atoms with van der Waals surface area (Å²) in [5, 5.41) is 12.0. The molecule has 3 nitrogen and oxygen atoms in total. The summed E-state index contributed by atoms with van der Waals surface area (Å²) >= 11 is 1.62. The molecule has 0 aliphatic carbocycles. The van der Waals surface area contributed by atoms with Gasteiger partial charge in [0.15, 0.2) is 0 Å². The van der Waals surface area contributed by atoms with Gasteiger partial charge in [0.25, 0.3) is 0 Å². The maximum atomic E-state index is 14.1. The van der Waals surface area contributed by atoms with Crippen molar-refractivity contribution in [1.82, 2.24) is 9.88 Å². The summed E-state index contributed by atoms with van der Waals surface area (Å²) in [5.74, 6) is -0.901. The zero-order chi connectivity index (χ0) is 16.7. The van der Waals surface area contributed by atoms with Crippen LogP contribution in [0.1, 0.15) is 23.6 Å². The molecule has 2 unspecified atom stereocenters. The number of pyridine rings is 1. The Bertz CT molecular complexity index is 882. The predicted octanol–water partition coefficient (Wildman–Crippen LogP) is 3.88. The third-order valence-corrected chi connectivity index (χ3v) is 5.30. The van der Waals surface area contributed by atoms with Crippen molar-refractivity contribution >= 4 is 21.6 Å². The zero-order valence-electron chi connectivity index (χ0n) is 12.8. The van der Waals surface area contributed by atoms with Gasteiger partial charge in [-0.25, -0.2) is 8.78 Å². The monoisotopic (exact) mass is 346 g/mol. The highest BCUT2D eigenvalue weighted by Crippen LogP contribution is 2.35. The lowest BCUT2D eigenvalue weighted by molar-refractivity contribution is 0.172. The summed E-state index contributed by atoms with van der Waals surface area (Å²) in [5.41, 5.74) is 2.26. The first-order valence-corrected chi connectivity index (χ1v) is 8.67. The highest BCUT2D eigenvalue weighted by molar-refractivity contribution is 7.17. The number of β-amino-alcohol motifs (C(OH)–C–C–N with tert-alkyl or cyclic N) is 1. The number of hydrogen-bond acceptors (Lipinski definition) is 4. The van der Waals surface area contributed by atoms with Crippen LogP contribution in [0.25, 0.3) is 10.2 Å². The van der Waals surface area contributed by atoms with Crippen molar-refractivity contribution < 1.29 is 13.9 Å². The first-order chi connectivity index (χ1) is 11.6. The van der Waals surface area contributed by atoms with Crippen LogP contribution in [0.5, 0.6) is 0 Å². The molecular formula is C18H16F2N2OS. The van der Waals surface area contributed by atoms with Crippen molar-refractivity contribution in [1.29, 1.82) is 0 Å². The van der Waals surface area contributed by atoms with Crippen LogP contribution in [-0.2, 0) is 6.54 Å². The molecule has 0 saturated carbocycles. The molecule has 2 aromatic heterocycles. The average Bonchev–Trinajstić information content (AvgIpc) is 3.16. The van der Waals surface area contributed by atoms with E-state index in [1.807, 2.05) is 16.3 Å². The van der Waals surface area contributed by atoms with Crippen molar-refractivity contribution in [3.63, 3.8) is 0 Å². The molecule has 1 aliphatic heterocycles. The molecule has 0 amide bonds. The van der Waals surface area contributed by atoms with Gasteiger partial charge in [0, 0.05) is 30.9 Å². The lowest BCUT2D eigenvalue weighted by Crippen LogP contribution is -2.25. The largest absolute Gasteiger partial charge is 0.392 e. The third kappa shape index (κ3) is 2.92. The Morgan fingerprint density at radius 3 is 3.00 bits per heavy atom. The smallest absolute Gasteiger partial charge is 0.128 e. The number of likely N-dealkylation sites (tertiary alicyclic amines) is 1. The fourth-order valence-corrected chi connectivity index (χ4v) is 4.16. The van der Waals surface area contributed by atoms with Gasteiger partial charge < -0.3 is 5.11 Å². The standard InChI is InChI=1S/C18H16F2N2OS/c19-12-1-2-15(20)14(6-12)17-7-13(23)10-22(17)9-11-5-18-16(21-8-11)3-4-24-18/h1-6,8,13,17,23H,7,9-10H2. The molecule has 1 fully saturated rings. The van der Waals surface area contributed by atoms with Crippen LogP contribution in [-0.4, -0.2) is 27.6 Å². The van der Waals surface area contributed by atoms with Gasteiger partial charge in [-0.15, -0.1) is 11.3 Å². The van der Waals surface area contributed by atoms with Crippen LogP contribution in [0.4, 0.5) is 8.78 Å². The van der Waals surface area contributed by atoms with Crippen LogP contribution in [0.2, 0.25) is 0 Å². The molecule has 3 aromatic rings. The van der Waals surface area contributed by atoms with Crippen LogP contribution in [0.3, 0.4) is 0 Å². The molecule has 3 heterocycles. The predicted molar refractivity (Wildman–Crippen MR) is 89.8 cm³/mol. The third-order valence-electron chi connectivity index (χ3n) is 4.44. The van der Waals surface area contributed by atoms with Crippen molar-refractivity contribution in [2.24, 2.45) is 0 Å².